The van der Waals surface area contributed by atoms with Gasteiger partial charge in [0.05, 0.1) is 12.3 Å². The van der Waals surface area contributed by atoms with Gasteiger partial charge in [0.25, 0.3) is 0 Å². The minimum absolute atomic E-state index is 0.0255. The second kappa shape index (κ2) is 9.92. The van der Waals surface area contributed by atoms with Gasteiger partial charge in [-0.1, -0.05) is 53.9 Å². The van der Waals surface area contributed by atoms with E-state index in [2.05, 4.69) is 11.8 Å². The van der Waals surface area contributed by atoms with Crippen LogP contribution >= 0.6 is 11.8 Å². The molecule has 0 unspecified atom stereocenters. The molecular weight excluding hydrogens is 420 g/mol. The highest BCUT2D eigenvalue weighted by atomic mass is 32.2. The summed E-state index contributed by atoms with van der Waals surface area (Å²) in [6.07, 6.45) is 8.91. The van der Waals surface area contributed by atoms with Crippen LogP contribution in [0.5, 0.6) is 0 Å². The fourth-order valence-corrected chi connectivity index (χ4v) is 4.40. The fourth-order valence-electron chi connectivity index (χ4n) is 3.34. The number of allylic oxidation sites excluding steroid dienone is 6. The molecule has 7 heteroatoms. The second-order valence-electron chi connectivity index (χ2n) is 7.25. The van der Waals surface area contributed by atoms with Gasteiger partial charge in [0.2, 0.25) is 0 Å². The Kier molecular flexibility index (Phi) is 7.06. The van der Waals surface area contributed by atoms with E-state index in [1.54, 1.807) is 62.1 Å². The number of rotatable bonds is 5. The summed E-state index contributed by atoms with van der Waals surface area (Å²) in [6, 6.07) is 13.6. The van der Waals surface area contributed by atoms with Crippen molar-refractivity contribution >= 4 is 17.4 Å². The number of benzene rings is 1. The fraction of sp³-hybridized carbons (Fsp3) is 0.200. The lowest BCUT2D eigenvalue weighted by Gasteiger charge is -2.20. The lowest BCUT2D eigenvalue weighted by Crippen LogP contribution is -2.21. The minimum atomic E-state index is -0.835. The zero-order valence-corrected chi connectivity index (χ0v) is 18.5. The number of hydrogen-bond acceptors (Lipinski definition) is 7. The van der Waals surface area contributed by atoms with E-state index in [9.17, 15) is 10.4 Å². The van der Waals surface area contributed by atoms with Gasteiger partial charge in [0, 0.05) is 17.0 Å². The molecule has 158 valence electrons. The Morgan fingerprint density at radius 2 is 1.91 bits per heavy atom. The molecule has 2 heterocycles. The van der Waals surface area contributed by atoms with Gasteiger partial charge in [-0.2, -0.15) is 15.8 Å². The first-order valence-corrected chi connectivity index (χ1v) is 10.6. The summed E-state index contributed by atoms with van der Waals surface area (Å²) in [7, 11) is 0. The Morgan fingerprint density at radius 1 is 1.16 bits per heavy atom. The molecule has 0 amide bonds. The molecule has 0 radical (unpaired) electrons. The summed E-state index contributed by atoms with van der Waals surface area (Å²) in [5, 5.41) is 38.1. The zero-order chi connectivity index (χ0) is 23.1. The molecule has 32 heavy (non-hydrogen) atoms. The number of thioether (sulfide) groups is 1. The molecule has 3 rings (SSSR count). The number of nitrogens with zero attached hydrogens (tertiary/aromatic N) is 4. The van der Waals surface area contributed by atoms with Crippen LogP contribution < -0.4 is 4.90 Å². The molecule has 1 N–H and O–H groups in total. The molecule has 2 aliphatic rings. The lowest BCUT2D eigenvalue weighted by molar-refractivity contribution is 0.0954. The van der Waals surface area contributed by atoms with Gasteiger partial charge < -0.3 is 14.7 Å². The third-order valence-corrected chi connectivity index (χ3v) is 5.88. The van der Waals surface area contributed by atoms with Gasteiger partial charge in [-0.3, -0.25) is 0 Å². The Bertz CT molecular complexity index is 1220. The Balaban J connectivity index is 1.82. The molecule has 6 nitrogen and oxygen atoms in total. The number of fused-ring (bicyclic) bond motifs is 1. The summed E-state index contributed by atoms with van der Waals surface area (Å²) in [5.74, 6) is 0.0255. The van der Waals surface area contributed by atoms with Crippen LogP contribution in [0, 0.1) is 34.0 Å². The van der Waals surface area contributed by atoms with Gasteiger partial charge in [0.15, 0.2) is 11.3 Å². The van der Waals surface area contributed by atoms with Gasteiger partial charge in [-0.05, 0) is 32.1 Å². The molecule has 0 saturated heterocycles. The van der Waals surface area contributed by atoms with Crippen LogP contribution in [0.1, 0.15) is 13.8 Å². The van der Waals surface area contributed by atoms with Crippen molar-refractivity contribution < 1.29 is 9.84 Å². The molecule has 0 fully saturated rings. The Labute approximate surface area is 191 Å². The second-order valence-corrected chi connectivity index (χ2v) is 8.28. The molecule has 0 bridgehead atoms. The average Bonchev–Trinajstić information content (AvgIpc) is 3.25. The number of ether oxygens (including phenoxy) is 1. The number of hydrogen-bond donors (Lipinski definition) is 1. The molecule has 2 aliphatic heterocycles. The summed E-state index contributed by atoms with van der Waals surface area (Å²) in [6.45, 7) is 4.10. The van der Waals surface area contributed by atoms with Crippen molar-refractivity contribution in [3.8, 4) is 18.2 Å². The number of aliphatic hydroxyl groups excluding tert-OH is 1. The Morgan fingerprint density at radius 3 is 2.59 bits per heavy atom. The van der Waals surface area contributed by atoms with E-state index in [0.29, 0.717) is 12.1 Å². The van der Waals surface area contributed by atoms with Gasteiger partial charge in [0.1, 0.15) is 34.4 Å². The number of anilines is 1. The predicted molar refractivity (Wildman–Crippen MR) is 123 cm³/mol. The molecule has 0 atom stereocenters. The van der Waals surface area contributed by atoms with E-state index < -0.39 is 5.60 Å². The smallest absolute Gasteiger partial charge is 0.172 e. The van der Waals surface area contributed by atoms with Gasteiger partial charge >= 0.3 is 0 Å². The minimum Gasteiger partial charge on any atom is -0.480 e. The highest BCUT2D eigenvalue weighted by Crippen LogP contribution is 2.45. The molecule has 1 aromatic carbocycles. The summed E-state index contributed by atoms with van der Waals surface area (Å²) < 4.78 is 5.73. The quantitative estimate of drug-likeness (QED) is 0.404. The first-order valence-electron chi connectivity index (χ1n) is 9.81. The van der Waals surface area contributed by atoms with Crippen molar-refractivity contribution in [2.24, 2.45) is 0 Å². The van der Waals surface area contributed by atoms with Gasteiger partial charge in [-0.15, -0.1) is 0 Å². The largest absolute Gasteiger partial charge is 0.480 e. The average molecular weight is 441 g/mol. The predicted octanol–water partition coefficient (Wildman–Crippen LogP) is 4.63. The SMILES string of the molecule is CC1(C)OC(=C(C#N)C#N)C(C#N)=C1C=CC=CC=C=C1Sc2ccccc2N1CCO. The molecular formula is C25H20N4O2S. The van der Waals surface area contributed by atoms with E-state index in [0.717, 1.165) is 15.6 Å². The van der Waals surface area contributed by atoms with E-state index in [1.165, 1.54) is 0 Å². The molecule has 1 aromatic rings. The molecule has 0 saturated carbocycles. The van der Waals surface area contributed by atoms with Crippen LogP contribution in [-0.2, 0) is 4.74 Å². The van der Waals surface area contributed by atoms with Crippen LogP contribution in [-0.4, -0.2) is 23.9 Å². The highest BCUT2D eigenvalue weighted by Gasteiger charge is 2.38. The number of nitriles is 3. The van der Waals surface area contributed by atoms with Gasteiger partial charge in [-0.25, -0.2) is 0 Å². The van der Waals surface area contributed by atoms with E-state index in [1.807, 2.05) is 35.2 Å². The summed E-state index contributed by atoms with van der Waals surface area (Å²) in [4.78, 5) is 3.15. The maximum atomic E-state index is 9.55. The van der Waals surface area contributed by atoms with E-state index >= 15 is 0 Å². The molecule has 0 spiro atoms. The molecule has 0 aliphatic carbocycles. The summed E-state index contributed by atoms with van der Waals surface area (Å²) in [5.41, 5.74) is 4.04. The van der Waals surface area contributed by atoms with Crippen LogP contribution in [0.15, 0.2) is 92.8 Å². The van der Waals surface area contributed by atoms with Crippen molar-refractivity contribution in [2.75, 3.05) is 18.1 Å². The monoisotopic (exact) mass is 440 g/mol. The van der Waals surface area contributed by atoms with Crippen molar-refractivity contribution in [3.05, 3.63) is 87.9 Å². The lowest BCUT2D eigenvalue weighted by atomic mass is 9.95. The standard InChI is InChI=1S/C25H20N4O2S/c1-25(2)20(19(17-28)24(31-25)18(15-26)16-27)9-5-3-4-6-12-23-29(13-14-30)21-10-7-8-11-22(21)32-23/h3-11,30H,13-14H2,1-2H3. The van der Waals surface area contributed by atoms with Crippen LogP contribution in [0.2, 0.25) is 0 Å². The number of aliphatic hydroxyl groups is 1. The Hall–Kier alpha value is -3.92. The van der Waals surface area contributed by atoms with Crippen LogP contribution in [0.4, 0.5) is 5.69 Å². The summed E-state index contributed by atoms with van der Waals surface area (Å²) >= 11 is 1.60. The number of para-hydroxylation sites is 1. The maximum Gasteiger partial charge on any atom is 0.172 e. The van der Waals surface area contributed by atoms with Crippen molar-refractivity contribution in [1.82, 2.24) is 0 Å². The van der Waals surface area contributed by atoms with E-state index in [-0.39, 0.29) is 23.5 Å². The van der Waals surface area contributed by atoms with E-state index in [4.69, 9.17) is 15.3 Å². The first-order chi connectivity index (χ1) is 15.5. The normalized spacial score (nSPS) is 16.4. The maximum absolute atomic E-state index is 9.55. The molecule has 0 aromatic heterocycles. The van der Waals surface area contributed by atoms with Crippen LogP contribution in [0.3, 0.4) is 0 Å². The topological polar surface area (TPSA) is 104 Å². The van der Waals surface area contributed by atoms with Crippen molar-refractivity contribution in [1.29, 1.82) is 15.8 Å². The third-order valence-electron chi connectivity index (χ3n) is 4.78. The first kappa shape index (κ1) is 22.8. The van der Waals surface area contributed by atoms with Crippen molar-refractivity contribution in [2.45, 2.75) is 24.3 Å². The third kappa shape index (κ3) is 4.54. The highest BCUT2D eigenvalue weighted by molar-refractivity contribution is 8.03. The zero-order valence-electron chi connectivity index (χ0n) is 17.7. The number of β-amino-alcohol motifs (C(OH)–C–C–N with tert-alkyl or cyclic N) is 1. The van der Waals surface area contributed by atoms with Crippen LogP contribution in [0.25, 0.3) is 0 Å². The van der Waals surface area contributed by atoms with Crippen molar-refractivity contribution in [3.63, 3.8) is 0 Å².